The summed E-state index contributed by atoms with van der Waals surface area (Å²) in [5, 5.41) is 9.31. The molecule has 2 aromatic carbocycles. The number of fused-ring (bicyclic) bond motifs is 1. The van der Waals surface area contributed by atoms with E-state index in [0.717, 1.165) is 27.8 Å². The van der Waals surface area contributed by atoms with Gasteiger partial charge in [0.05, 0.1) is 24.3 Å². The molecule has 5 nitrogen and oxygen atoms in total. The fourth-order valence-corrected chi connectivity index (χ4v) is 3.43. The monoisotopic (exact) mass is 340 g/mol. The van der Waals surface area contributed by atoms with E-state index < -0.39 is 5.91 Å². The summed E-state index contributed by atoms with van der Waals surface area (Å²) < 4.78 is 0. The Hall–Kier alpha value is -3.65. The zero-order valence-electron chi connectivity index (χ0n) is 14.0. The van der Waals surface area contributed by atoms with Gasteiger partial charge in [-0.05, 0) is 46.5 Å². The summed E-state index contributed by atoms with van der Waals surface area (Å²) in [6, 6.07) is 17.5. The quantitative estimate of drug-likeness (QED) is 0.742. The van der Waals surface area contributed by atoms with Crippen molar-refractivity contribution in [2.24, 2.45) is 5.73 Å². The van der Waals surface area contributed by atoms with E-state index >= 15 is 0 Å². The van der Waals surface area contributed by atoms with Gasteiger partial charge in [-0.25, -0.2) is 0 Å². The number of hydrogen-bond donors (Lipinski definition) is 1. The van der Waals surface area contributed by atoms with E-state index in [1.165, 1.54) is 0 Å². The fourth-order valence-electron chi connectivity index (χ4n) is 3.43. The Kier molecular flexibility index (Phi) is 3.86. The number of benzene rings is 2. The third-order valence-corrected chi connectivity index (χ3v) is 4.63. The molecule has 0 aliphatic carbocycles. The van der Waals surface area contributed by atoms with Gasteiger partial charge in [0.2, 0.25) is 0 Å². The van der Waals surface area contributed by atoms with Crippen LogP contribution in [-0.2, 0) is 13.1 Å². The van der Waals surface area contributed by atoms with Crippen molar-refractivity contribution in [1.29, 1.82) is 5.26 Å². The number of amides is 1. The van der Waals surface area contributed by atoms with Crippen molar-refractivity contribution < 1.29 is 4.79 Å². The first-order valence-corrected chi connectivity index (χ1v) is 8.28. The predicted octanol–water partition coefficient (Wildman–Crippen LogP) is 3.31. The summed E-state index contributed by atoms with van der Waals surface area (Å²) >= 11 is 0. The minimum absolute atomic E-state index is 0.390. The van der Waals surface area contributed by atoms with Crippen LogP contribution >= 0.6 is 0 Å². The van der Waals surface area contributed by atoms with E-state index in [4.69, 9.17) is 5.73 Å². The lowest BCUT2D eigenvalue weighted by atomic mass is 9.92. The minimum Gasteiger partial charge on any atom is -0.366 e. The second-order valence-corrected chi connectivity index (χ2v) is 6.25. The van der Waals surface area contributed by atoms with E-state index in [9.17, 15) is 10.1 Å². The van der Waals surface area contributed by atoms with Gasteiger partial charge in [0.25, 0.3) is 5.91 Å². The molecule has 126 valence electrons. The van der Waals surface area contributed by atoms with Crippen LogP contribution in [0.4, 0.5) is 0 Å². The highest BCUT2D eigenvalue weighted by atomic mass is 16.1. The predicted molar refractivity (Wildman–Crippen MR) is 98.5 cm³/mol. The Labute approximate surface area is 151 Å². The minimum atomic E-state index is -0.506. The van der Waals surface area contributed by atoms with E-state index in [0.29, 0.717) is 24.3 Å². The molecule has 4 rings (SSSR count). The van der Waals surface area contributed by atoms with Gasteiger partial charge in [-0.3, -0.25) is 9.78 Å². The fraction of sp³-hybridized carbons (Fsp3) is 0.0952. The zero-order valence-corrected chi connectivity index (χ0v) is 14.0. The molecule has 2 heterocycles. The molecule has 0 saturated carbocycles. The van der Waals surface area contributed by atoms with Crippen LogP contribution < -0.4 is 5.73 Å². The Balaban J connectivity index is 1.95. The smallest absolute Gasteiger partial charge is 0.250 e. The molecule has 5 heteroatoms. The van der Waals surface area contributed by atoms with Crippen LogP contribution in [0.15, 0.2) is 60.8 Å². The first-order chi connectivity index (χ1) is 12.7. The van der Waals surface area contributed by atoms with E-state index in [1.54, 1.807) is 23.2 Å². The normalized spacial score (nSPS) is 12.5. The standard InChI is InChI=1S/C21H16N4O/c22-13-25-11-16-9-15(20-17(21(23)26)7-4-8-24-20)10-18(19(16)12-25)14-5-2-1-3-6-14/h1-10H,11-12H2,(H2,23,26). The van der Waals surface area contributed by atoms with Crippen molar-refractivity contribution in [1.82, 2.24) is 9.88 Å². The molecule has 1 amide bonds. The van der Waals surface area contributed by atoms with Crippen LogP contribution in [0.3, 0.4) is 0 Å². The topological polar surface area (TPSA) is 83.0 Å². The van der Waals surface area contributed by atoms with Crippen molar-refractivity contribution >= 4 is 5.91 Å². The molecule has 0 unspecified atom stereocenters. The van der Waals surface area contributed by atoms with Gasteiger partial charge in [-0.15, -0.1) is 0 Å². The molecule has 0 radical (unpaired) electrons. The molecular formula is C21H16N4O. The number of nitrogens with zero attached hydrogens (tertiary/aromatic N) is 3. The largest absolute Gasteiger partial charge is 0.366 e. The lowest BCUT2D eigenvalue weighted by Crippen LogP contribution is -2.13. The van der Waals surface area contributed by atoms with Crippen molar-refractivity contribution in [3.63, 3.8) is 0 Å². The highest BCUT2D eigenvalue weighted by Gasteiger charge is 2.24. The number of primary amides is 1. The Morgan fingerprint density at radius 1 is 1.08 bits per heavy atom. The number of hydrogen-bond acceptors (Lipinski definition) is 4. The van der Waals surface area contributed by atoms with Gasteiger partial charge >= 0.3 is 0 Å². The average Bonchev–Trinajstić information content (AvgIpc) is 3.11. The second kappa shape index (κ2) is 6.34. The van der Waals surface area contributed by atoms with Crippen LogP contribution in [-0.4, -0.2) is 15.8 Å². The Bertz CT molecular complexity index is 1040. The Morgan fingerprint density at radius 2 is 1.88 bits per heavy atom. The molecule has 1 aliphatic rings. The van der Waals surface area contributed by atoms with Gasteiger partial charge in [0.1, 0.15) is 0 Å². The number of carbonyl (C=O) groups is 1. The number of nitrogens with two attached hydrogens (primary N) is 1. The number of nitriles is 1. The van der Waals surface area contributed by atoms with Gasteiger partial charge in [-0.2, -0.15) is 5.26 Å². The van der Waals surface area contributed by atoms with Crippen molar-refractivity contribution in [2.45, 2.75) is 13.1 Å². The highest BCUT2D eigenvalue weighted by Crippen LogP contribution is 2.37. The molecule has 1 aromatic heterocycles. The van der Waals surface area contributed by atoms with Gasteiger partial charge in [-0.1, -0.05) is 30.3 Å². The molecule has 0 fully saturated rings. The molecule has 0 atom stereocenters. The first-order valence-electron chi connectivity index (χ1n) is 8.28. The maximum Gasteiger partial charge on any atom is 0.250 e. The van der Waals surface area contributed by atoms with E-state index in [2.05, 4.69) is 11.2 Å². The SMILES string of the molecule is N#CN1Cc2cc(-c3ncccc3C(N)=O)cc(-c3ccccc3)c2C1. The third-order valence-electron chi connectivity index (χ3n) is 4.63. The van der Waals surface area contributed by atoms with E-state index in [-0.39, 0.29) is 0 Å². The van der Waals surface area contributed by atoms with Crippen molar-refractivity contribution in [3.8, 4) is 28.6 Å². The van der Waals surface area contributed by atoms with Crippen molar-refractivity contribution in [3.05, 3.63) is 77.5 Å². The van der Waals surface area contributed by atoms with Gasteiger partial charge in [0.15, 0.2) is 6.19 Å². The average molecular weight is 340 g/mol. The molecular weight excluding hydrogens is 324 g/mol. The highest BCUT2D eigenvalue weighted by molar-refractivity contribution is 5.99. The third kappa shape index (κ3) is 2.68. The molecule has 3 aromatic rings. The van der Waals surface area contributed by atoms with Crippen LogP contribution in [0.2, 0.25) is 0 Å². The summed E-state index contributed by atoms with van der Waals surface area (Å²) in [5.41, 5.74) is 11.6. The Morgan fingerprint density at radius 3 is 2.62 bits per heavy atom. The number of carbonyl (C=O) groups excluding carboxylic acids is 1. The van der Waals surface area contributed by atoms with Crippen LogP contribution in [0.25, 0.3) is 22.4 Å². The molecule has 0 bridgehead atoms. The summed E-state index contributed by atoms with van der Waals surface area (Å²) in [7, 11) is 0. The molecule has 1 aliphatic heterocycles. The summed E-state index contributed by atoms with van der Waals surface area (Å²) in [6.07, 6.45) is 3.87. The number of aromatic nitrogens is 1. The zero-order chi connectivity index (χ0) is 18.1. The summed E-state index contributed by atoms with van der Waals surface area (Å²) in [5.74, 6) is -0.506. The summed E-state index contributed by atoms with van der Waals surface area (Å²) in [6.45, 7) is 1.14. The molecule has 0 saturated heterocycles. The lowest BCUT2D eigenvalue weighted by Gasteiger charge is -2.13. The maximum atomic E-state index is 11.8. The van der Waals surface area contributed by atoms with Gasteiger partial charge in [0, 0.05) is 11.8 Å². The van der Waals surface area contributed by atoms with Gasteiger partial charge < -0.3 is 10.6 Å². The second-order valence-electron chi connectivity index (χ2n) is 6.25. The number of rotatable bonds is 3. The summed E-state index contributed by atoms with van der Waals surface area (Å²) in [4.78, 5) is 17.9. The van der Waals surface area contributed by atoms with Crippen LogP contribution in [0.1, 0.15) is 21.5 Å². The first kappa shape index (κ1) is 15.9. The number of pyridine rings is 1. The molecule has 0 spiro atoms. The van der Waals surface area contributed by atoms with Crippen LogP contribution in [0, 0.1) is 11.5 Å². The van der Waals surface area contributed by atoms with E-state index in [1.807, 2.05) is 42.5 Å². The lowest BCUT2D eigenvalue weighted by molar-refractivity contribution is 0.100. The van der Waals surface area contributed by atoms with Crippen LogP contribution in [0.5, 0.6) is 0 Å². The maximum absolute atomic E-state index is 11.8. The molecule has 26 heavy (non-hydrogen) atoms. The van der Waals surface area contributed by atoms with Crippen molar-refractivity contribution in [2.75, 3.05) is 0 Å². The molecule has 2 N–H and O–H groups in total.